The van der Waals surface area contributed by atoms with Crippen LogP contribution in [0.15, 0.2) is 46.2 Å². The summed E-state index contributed by atoms with van der Waals surface area (Å²) in [4.78, 5) is 3.00. The van der Waals surface area contributed by atoms with Gasteiger partial charge < -0.3 is 4.55 Å². The maximum atomic E-state index is 12.2. The molecule has 0 aromatic heterocycles. The zero-order valence-electron chi connectivity index (χ0n) is 19.3. The number of alkyl halides is 9. The second-order valence-corrected chi connectivity index (χ2v) is 13.0. The molecule has 3 rings (SSSR count). The van der Waals surface area contributed by atoms with E-state index in [4.69, 9.17) is 0 Å². The number of thioether (sulfide) groups is 1. The van der Waals surface area contributed by atoms with Crippen molar-refractivity contribution >= 4 is 43.5 Å². The third-order valence-corrected chi connectivity index (χ3v) is 9.79. The van der Waals surface area contributed by atoms with Gasteiger partial charge in [-0.1, -0.05) is 19.4 Å². The van der Waals surface area contributed by atoms with Crippen LogP contribution in [-0.2, 0) is 21.0 Å². The molecule has 1 heterocycles. The Morgan fingerprint density at radius 2 is 1.41 bits per heavy atom. The van der Waals surface area contributed by atoms with Gasteiger partial charge >= 0.3 is 23.3 Å². The molecule has 0 bridgehead atoms. The largest absolute Gasteiger partial charge is 0.743 e. The van der Waals surface area contributed by atoms with E-state index in [2.05, 4.69) is 43.3 Å². The minimum atomic E-state index is -7.43. The average Bonchev–Trinajstić information content (AvgIpc) is 3.32. The number of hydrogen-bond acceptors (Lipinski definition) is 4. The average molecular weight is 603 g/mol. The van der Waals surface area contributed by atoms with Gasteiger partial charge in [0.05, 0.1) is 0 Å². The molecule has 1 aliphatic rings. The normalized spacial score (nSPS) is 16.1. The molecule has 0 radical (unpaired) electrons. The van der Waals surface area contributed by atoms with Crippen LogP contribution in [0, 0.1) is 0 Å². The number of hydrogen-bond donors (Lipinski definition) is 0. The standard InChI is InChI=1S/C18H23S2.C4HF9O3S/c1-2-3-10-19-17-8-6-16-14-18(9-7-15(16)13-17)20-11-4-5-12-20;5-1(6,3(9,10)11)2(7,8)4(12,13)17(14,15)16/h6-9,13-14H,2-5,10-12H2,1H3;(H,14,15,16)/q+1;/p-1. The van der Waals surface area contributed by atoms with Crippen molar-refractivity contribution in [1.82, 2.24) is 0 Å². The first-order chi connectivity index (χ1) is 16.9. The van der Waals surface area contributed by atoms with Crippen LogP contribution in [-0.4, -0.2) is 53.5 Å². The minimum Gasteiger partial charge on any atom is -0.743 e. The first-order valence-electron chi connectivity index (χ1n) is 10.9. The van der Waals surface area contributed by atoms with E-state index in [1.165, 1.54) is 58.6 Å². The molecular weight excluding hydrogens is 579 g/mol. The third kappa shape index (κ3) is 7.01. The highest BCUT2D eigenvalue weighted by Crippen LogP contribution is 2.54. The van der Waals surface area contributed by atoms with E-state index in [1.54, 1.807) is 4.90 Å². The molecule has 15 heteroatoms. The third-order valence-electron chi connectivity index (χ3n) is 5.34. The van der Waals surface area contributed by atoms with Gasteiger partial charge in [0.15, 0.2) is 15.0 Å². The molecule has 210 valence electrons. The Kier molecular flexibility index (Phi) is 10.2. The van der Waals surface area contributed by atoms with E-state index < -0.39 is 33.4 Å². The summed E-state index contributed by atoms with van der Waals surface area (Å²) >= 11 is 1.99. The molecule has 0 aliphatic carbocycles. The Bertz CT molecular complexity index is 1160. The van der Waals surface area contributed by atoms with Crippen LogP contribution >= 0.6 is 11.8 Å². The lowest BCUT2D eigenvalue weighted by Gasteiger charge is -2.34. The fraction of sp³-hybridized carbons (Fsp3) is 0.545. The van der Waals surface area contributed by atoms with Crippen molar-refractivity contribution in [1.29, 1.82) is 0 Å². The topological polar surface area (TPSA) is 57.2 Å². The monoisotopic (exact) mass is 602 g/mol. The SMILES string of the molecule is CCCCSc1ccc2cc([S+]3CCCC3)ccc2c1.O=S(=O)([O-])C(F)(F)C(F)(F)C(F)(F)C(F)(F)F. The fourth-order valence-electron chi connectivity index (χ4n) is 3.21. The van der Waals surface area contributed by atoms with Gasteiger partial charge in [-0.05, 0) is 60.1 Å². The van der Waals surface area contributed by atoms with Crippen LogP contribution in [0.25, 0.3) is 10.8 Å². The summed E-state index contributed by atoms with van der Waals surface area (Å²) in [5.41, 5.74) is 0. The summed E-state index contributed by atoms with van der Waals surface area (Å²) in [5.74, 6) is -10.8. The lowest BCUT2D eigenvalue weighted by atomic mass is 10.1. The quantitative estimate of drug-likeness (QED) is 0.104. The number of benzene rings is 2. The molecule has 0 amide bonds. The number of fused-ring (bicyclic) bond motifs is 1. The van der Waals surface area contributed by atoms with Crippen LogP contribution in [0.3, 0.4) is 0 Å². The summed E-state index contributed by atoms with van der Waals surface area (Å²) in [6, 6.07) is 14.1. The van der Waals surface area contributed by atoms with E-state index in [1.807, 2.05) is 11.8 Å². The Hall–Kier alpha value is -1.32. The van der Waals surface area contributed by atoms with Gasteiger partial charge in [-0.15, -0.1) is 11.8 Å². The zero-order valence-corrected chi connectivity index (χ0v) is 21.7. The highest BCUT2D eigenvalue weighted by Gasteiger charge is 2.83. The van der Waals surface area contributed by atoms with Gasteiger partial charge in [-0.2, -0.15) is 39.5 Å². The summed E-state index contributed by atoms with van der Waals surface area (Å²) in [6.07, 6.45) is -1.72. The first kappa shape index (κ1) is 31.9. The van der Waals surface area contributed by atoms with Crippen molar-refractivity contribution in [3.8, 4) is 0 Å². The van der Waals surface area contributed by atoms with Crippen molar-refractivity contribution in [3.63, 3.8) is 0 Å². The molecule has 2 aromatic rings. The summed E-state index contributed by atoms with van der Waals surface area (Å²) < 4.78 is 135. The highest BCUT2D eigenvalue weighted by atomic mass is 32.2. The number of rotatable bonds is 8. The Labute approximate surface area is 215 Å². The molecule has 0 saturated carbocycles. The maximum absolute atomic E-state index is 12.2. The van der Waals surface area contributed by atoms with Crippen molar-refractivity contribution in [2.24, 2.45) is 0 Å². The summed E-state index contributed by atoms with van der Waals surface area (Å²) in [5, 5.41) is -4.29. The molecule has 3 nitrogen and oxygen atoms in total. The van der Waals surface area contributed by atoms with Gasteiger partial charge in [0.25, 0.3) is 0 Å². The predicted molar refractivity (Wildman–Crippen MR) is 125 cm³/mol. The predicted octanol–water partition coefficient (Wildman–Crippen LogP) is 7.46. The van der Waals surface area contributed by atoms with Crippen LogP contribution < -0.4 is 0 Å². The van der Waals surface area contributed by atoms with Crippen molar-refractivity contribution < 1.29 is 52.5 Å². The van der Waals surface area contributed by atoms with Gasteiger partial charge in [-0.25, -0.2) is 8.42 Å². The van der Waals surface area contributed by atoms with E-state index in [-0.39, 0.29) is 0 Å². The second-order valence-electron chi connectivity index (χ2n) is 8.10. The molecule has 0 unspecified atom stereocenters. The molecule has 1 fully saturated rings. The van der Waals surface area contributed by atoms with Gasteiger partial charge in [0.2, 0.25) is 0 Å². The fourth-order valence-corrected chi connectivity index (χ4v) is 7.03. The lowest BCUT2D eigenvalue weighted by Crippen LogP contribution is -2.63. The first-order valence-corrected chi connectivity index (χ1v) is 14.8. The van der Waals surface area contributed by atoms with Gasteiger partial charge in [0.1, 0.15) is 11.5 Å². The minimum absolute atomic E-state index is 0.537. The lowest BCUT2D eigenvalue weighted by molar-refractivity contribution is -0.382. The number of unbranched alkanes of at least 4 members (excludes halogenated alkanes) is 1. The Morgan fingerprint density at radius 1 is 0.865 bits per heavy atom. The van der Waals surface area contributed by atoms with Gasteiger partial charge in [0, 0.05) is 21.9 Å². The molecule has 37 heavy (non-hydrogen) atoms. The molecule has 0 atom stereocenters. The molecule has 1 saturated heterocycles. The van der Waals surface area contributed by atoms with Crippen LogP contribution in [0.1, 0.15) is 32.6 Å². The van der Waals surface area contributed by atoms with E-state index in [0.29, 0.717) is 10.9 Å². The Balaban J connectivity index is 0.000000265. The summed E-state index contributed by atoms with van der Waals surface area (Å²) in [7, 11) is -6.88. The van der Waals surface area contributed by atoms with E-state index in [9.17, 15) is 52.5 Å². The molecule has 0 spiro atoms. The van der Waals surface area contributed by atoms with Crippen LogP contribution in [0.5, 0.6) is 0 Å². The van der Waals surface area contributed by atoms with Crippen molar-refractivity contribution in [3.05, 3.63) is 36.4 Å². The molecule has 2 aromatic carbocycles. The highest BCUT2D eigenvalue weighted by molar-refractivity contribution is 7.99. The van der Waals surface area contributed by atoms with E-state index in [0.717, 1.165) is 0 Å². The second kappa shape index (κ2) is 11.8. The zero-order chi connectivity index (χ0) is 28.3. The van der Waals surface area contributed by atoms with E-state index >= 15 is 0 Å². The molecule has 1 aliphatic heterocycles. The van der Waals surface area contributed by atoms with Gasteiger partial charge in [-0.3, -0.25) is 0 Å². The smallest absolute Gasteiger partial charge is 0.460 e. The van der Waals surface area contributed by atoms with Crippen LogP contribution in [0.4, 0.5) is 39.5 Å². The Morgan fingerprint density at radius 3 is 1.92 bits per heavy atom. The molecule has 0 N–H and O–H groups in total. The van der Waals surface area contributed by atoms with Crippen LogP contribution in [0.2, 0.25) is 0 Å². The number of halogens is 9. The van der Waals surface area contributed by atoms with Crippen molar-refractivity contribution in [2.45, 2.75) is 65.7 Å². The maximum Gasteiger partial charge on any atom is 0.460 e. The summed E-state index contributed by atoms with van der Waals surface area (Å²) in [6.45, 7) is 2.26. The van der Waals surface area contributed by atoms with Crippen molar-refractivity contribution in [2.75, 3.05) is 17.3 Å². The molecular formula is C22H23F9O3S3.